The van der Waals surface area contributed by atoms with Crippen molar-refractivity contribution >= 4 is 0 Å². The summed E-state index contributed by atoms with van der Waals surface area (Å²) >= 11 is 0. The second kappa shape index (κ2) is 3.31. The lowest BCUT2D eigenvalue weighted by Gasteiger charge is -1.96. The first kappa shape index (κ1) is 9.02. The zero-order chi connectivity index (χ0) is 10.1. The van der Waals surface area contributed by atoms with Crippen molar-refractivity contribution in [2.75, 3.05) is 0 Å². The standard InChI is InChI=1S/C10H13N3O/c1-6(11)10-12-7(2)9(13-10)8-4-3-5-14-8/h3-6H,11H2,1-2H3,(H,12,13). The van der Waals surface area contributed by atoms with E-state index in [1.54, 1.807) is 6.26 Å². The molecule has 0 fully saturated rings. The van der Waals surface area contributed by atoms with Crippen LogP contribution in [0.25, 0.3) is 11.5 Å². The molecule has 3 N–H and O–H groups in total. The van der Waals surface area contributed by atoms with Crippen molar-refractivity contribution in [2.24, 2.45) is 5.73 Å². The fourth-order valence-corrected chi connectivity index (χ4v) is 1.35. The van der Waals surface area contributed by atoms with Crippen molar-refractivity contribution in [2.45, 2.75) is 19.9 Å². The zero-order valence-electron chi connectivity index (χ0n) is 8.24. The molecule has 1 unspecified atom stereocenters. The molecule has 2 aromatic heterocycles. The second-order valence-corrected chi connectivity index (χ2v) is 3.36. The Morgan fingerprint density at radius 3 is 2.86 bits per heavy atom. The number of rotatable bonds is 2. The number of hydrogen-bond acceptors (Lipinski definition) is 3. The first-order valence-corrected chi connectivity index (χ1v) is 4.54. The Kier molecular flexibility index (Phi) is 2.13. The van der Waals surface area contributed by atoms with Gasteiger partial charge in [-0.05, 0) is 26.0 Å². The normalized spacial score (nSPS) is 13.1. The molecule has 0 spiro atoms. The Balaban J connectivity index is 2.45. The van der Waals surface area contributed by atoms with E-state index in [0.717, 1.165) is 23.0 Å². The first-order chi connectivity index (χ1) is 6.68. The molecule has 2 heterocycles. The van der Waals surface area contributed by atoms with Gasteiger partial charge < -0.3 is 15.1 Å². The molecule has 4 heteroatoms. The van der Waals surface area contributed by atoms with Crippen molar-refractivity contribution in [1.29, 1.82) is 0 Å². The Morgan fingerprint density at radius 2 is 2.36 bits per heavy atom. The molecule has 0 aliphatic rings. The SMILES string of the molecule is Cc1[nH]c(C(C)N)nc1-c1ccco1. The average Bonchev–Trinajstić information content (AvgIpc) is 2.71. The zero-order valence-corrected chi connectivity index (χ0v) is 8.24. The fraction of sp³-hybridized carbons (Fsp3) is 0.300. The molecular formula is C10H13N3O. The van der Waals surface area contributed by atoms with Crippen molar-refractivity contribution in [1.82, 2.24) is 9.97 Å². The van der Waals surface area contributed by atoms with Gasteiger partial charge in [-0.2, -0.15) is 0 Å². The Morgan fingerprint density at radius 1 is 1.57 bits per heavy atom. The topological polar surface area (TPSA) is 67.8 Å². The van der Waals surface area contributed by atoms with Crippen molar-refractivity contribution in [3.63, 3.8) is 0 Å². The minimum Gasteiger partial charge on any atom is -0.463 e. The van der Waals surface area contributed by atoms with E-state index in [1.807, 2.05) is 26.0 Å². The predicted octanol–water partition coefficient (Wildman–Crippen LogP) is 2.00. The molecule has 2 rings (SSSR count). The minimum absolute atomic E-state index is 0.0857. The second-order valence-electron chi connectivity index (χ2n) is 3.36. The molecule has 2 aromatic rings. The largest absolute Gasteiger partial charge is 0.463 e. The fourth-order valence-electron chi connectivity index (χ4n) is 1.35. The van der Waals surface area contributed by atoms with Gasteiger partial charge in [0.25, 0.3) is 0 Å². The van der Waals surface area contributed by atoms with Crippen LogP contribution in [0, 0.1) is 6.92 Å². The molecule has 0 bridgehead atoms. The summed E-state index contributed by atoms with van der Waals surface area (Å²) in [6.07, 6.45) is 1.63. The molecule has 0 radical (unpaired) electrons. The summed E-state index contributed by atoms with van der Waals surface area (Å²) in [4.78, 5) is 7.51. The van der Waals surface area contributed by atoms with E-state index in [1.165, 1.54) is 0 Å². The van der Waals surface area contributed by atoms with Crippen LogP contribution in [0.4, 0.5) is 0 Å². The monoisotopic (exact) mass is 191 g/mol. The molecule has 4 nitrogen and oxygen atoms in total. The maximum Gasteiger partial charge on any atom is 0.154 e. The Labute approximate surface area is 82.1 Å². The molecule has 0 saturated carbocycles. The summed E-state index contributed by atoms with van der Waals surface area (Å²) in [6.45, 7) is 3.85. The van der Waals surface area contributed by atoms with E-state index in [4.69, 9.17) is 10.2 Å². The molecule has 0 aliphatic carbocycles. The van der Waals surface area contributed by atoms with Crippen LogP contribution >= 0.6 is 0 Å². The quantitative estimate of drug-likeness (QED) is 0.762. The third-order valence-corrected chi connectivity index (χ3v) is 2.09. The molecule has 1 atom stereocenters. The van der Waals surface area contributed by atoms with Gasteiger partial charge in [0.2, 0.25) is 0 Å². The summed E-state index contributed by atoms with van der Waals surface area (Å²) in [7, 11) is 0. The van der Waals surface area contributed by atoms with Gasteiger partial charge in [0, 0.05) is 5.69 Å². The van der Waals surface area contributed by atoms with Crippen molar-refractivity contribution in [3.8, 4) is 11.5 Å². The van der Waals surface area contributed by atoms with Gasteiger partial charge in [-0.3, -0.25) is 0 Å². The summed E-state index contributed by atoms with van der Waals surface area (Å²) in [6, 6.07) is 3.64. The number of aryl methyl sites for hydroxylation is 1. The molecule has 0 aliphatic heterocycles. The molecule has 0 amide bonds. The number of furan rings is 1. The number of hydrogen-bond donors (Lipinski definition) is 2. The number of aromatic amines is 1. The summed E-state index contributed by atoms with van der Waals surface area (Å²) in [5.41, 5.74) is 7.54. The maximum atomic E-state index is 5.72. The minimum atomic E-state index is -0.0857. The number of H-pyrrole nitrogens is 1. The highest BCUT2D eigenvalue weighted by atomic mass is 16.3. The average molecular weight is 191 g/mol. The third kappa shape index (κ3) is 1.44. The summed E-state index contributed by atoms with van der Waals surface area (Å²) in [5, 5.41) is 0. The van der Waals surface area contributed by atoms with Gasteiger partial charge in [0.05, 0.1) is 12.3 Å². The maximum absolute atomic E-state index is 5.72. The van der Waals surface area contributed by atoms with Crippen LogP contribution in [0.1, 0.15) is 24.5 Å². The predicted molar refractivity (Wildman–Crippen MR) is 53.6 cm³/mol. The van der Waals surface area contributed by atoms with Gasteiger partial charge in [-0.25, -0.2) is 4.98 Å². The Hall–Kier alpha value is -1.55. The van der Waals surface area contributed by atoms with Gasteiger partial charge >= 0.3 is 0 Å². The van der Waals surface area contributed by atoms with E-state index in [-0.39, 0.29) is 6.04 Å². The van der Waals surface area contributed by atoms with Gasteiger partial charge in [0.15, 0.2) is 5.76 Å². The highest BCUT2D eigenvalue weighted by Crippen LogP contribution is 2.22. The van der Waals surface area contributed by atoms with Gasteiger partial charge in [-0.1, -0.05) is 0 Å². The van der Waals surface area contributed by atoms with E-state index in [2.05, 4.69) is 9.97 Å². The number of nitrogens with one attached hydrogen (secondary N) is 1. The van der Waals surface area contributed by atoms with Crippen LogP contribution < -0.4 is 5.73 Å². The van der Waals surface area contributed by atoms with Crippen LogP contribution in [0.3, 0.4) is 0 Å². The van der Waals surface area contributed by atoms with Gasteiger partial charge in [0.1, 0.15) is 11.5 Å². The van der Waals surface area contributed by atoms with E-state index in [9.17, 15) is 0 Å². The lowest BCUT2D eigenvalue weighted by molar-refractivity contribution is 0.579. The lowest BCUT2D eigenvalue weighted by atomic mass is 10.3. The van der Waals surface area contributed by atoms with Crippen LogP contribution in [0.5, 0.6) is 0 Å². The Bertz CT molecular complexity index is 415. The van der Waals surface area contributed by atoms with E-state index in [0.29, 0.717) is 0 Å². The first-order valence-electron chi connectivity index (χ1n) is 4.54. The van der Waals surface area contributed by atoms with Crippen LogP contribution in [0.2, 0.25) is 0 Å². The highest BCUT2D eigenvalue weighted by Gasteiger charge is 2.12. The smallest absolute Gasteiger partial charge is 0.154 e. The van der Waals surface area contributed by atoms with E-state index >= 15 is 0 Å². The molecular weight excluding hydrogens is 178 g/mol. The molecule has 74 valence electrons. The summed E-state index contributed by atoms with van der Waals surface area (Å²) < 4.78 is 5.27. The van der Waals surface area contributed by atoms with E-state index < -0.39 is 0 Å². The number of imidazole rings is 1. The molecule has 0 saturated heterocycles. The van der Waals surface area contributed by atoms with Crippen LogP contribution in [-0.4, -0.2) is 9.97 Å². The highest BCUT2D eigenvalue weighted by molar-refractivity contribution is 5.55. The van der Waals surface area contributed by atoms with Crippen molar-refractivity contribution < 1.29 is 4.42 Å². The number of nitrogens with zero attached hydrogens (tertiary/aromatic N) is 1. The van der Waals surface area contributed by atoms with Crippen LogP contribution in [0.15, 0.2) is 22.8 Å². The summed E-state index contributed by atoms with van der Waals surface area (Å²) in [5.74, 6) is 1.56. The van der Waals surface area contributed by atoms with Gasteiger partial charge in [-0.15, -0.1) is 0 Å². The number of nitrogens with two attached hydrogens (primary N) is 1. The third-order valence-electron chi connectivity index (χ3n) is 2.09. The molecule has 14 heavy (non-hydrogen) atoms. The lowest BCUT2D eigenvalue weighted by Crippen LogP contribution is -2.06. The van der Waals surface area contributed by atoms with Crippen molar-refractivity contribution in [3.05, 3.63) is 29.9 Å². The van der Waals surface area contributed by atoms with Crippen LogP contribution in [-0.2, 0) is 0 Å². The molecule has 0 aromatic carbocycles. The number of aromatic nitrogens is 2.